The van der Waals surface area contributed by atoms with Crippen molar-refractivity contribution in [3.8, 4) is 0 Å². The molecule has 0 aliphatic carbocycles. The molecule has 2 rings (SSSR count). The van der Waals surface area contributed by atoms with E-state index in [0.717, 1.165) is 11.1 Å². The van der Waals surface area contributed by atoms with Crippen molar-refractivity contribution in [3.05, 3.63) is 71.8 Å². The fourth-order valence-electron chi connectivity index (χ4n) is 2.13. The molecule has 2 heteroatoms. The van der Waals surface area contributed by atoms with Gasteiger partial charge in [-0.15, -0.1) is 0 Å². The van der Waals surface area contributed by atoms with E-state index in [-0.39, 0.29) is 6.04 Å². The predicted octanol–water partition coefficient (Wildman–Crippen LogP) is 3.36. The Bertz CT molecular complexity index is 503. The highest BCUT2D eigenvalue weighted by Gasteiger charge is 2.20. The lowest BCUT2D eigenvalue weighted by Crippen LogP contribution is -2.27. The third kappa shape index (κ3) is 2.66. The SMILES string of the molecule is CN(C)C(C(=N)c1ccccc1)c1ccccc1. The maximum absolute atomic E-state index is 8.41. The van der Waals surface area contributed by atoms with Gasteiger partial charge in [0.25, 0.3) is 0 Å². The average Bonchev–Trinajstić information content (AvgIpc) is 2.40. The van der Waals surface area contributed by atoms with Gasteiger partial charge in [0.1, 0.15) is 0 Å². The van der Waals surface area contributed by atoms with Crippen LogP contribution < -0.4 is 0 Å². The summed E-state index contributed by atoms with van der Waals surface area (Å²) in [5.74, 6) is 0. The second kappa shape index (κ2) is 5.61. The van der Waals surface area contributed by atoms with Crippen molar-refractivity contribution in [1.82, 2.24) is 4.90 Å². The molecule has 0 saturated carbocycles. The fourth-order valence-corrected chi connectivity index (χ4v) is 2.13. The van der Waals surface area contributed by atoms with Gasteiger partial charge >= 0.3 is 0 Å². The van der Waals surface area contributed by atoms with E-state index in [1.807, 2.05) is 62.6 Å². The van der Waals surface area contributed by atoms with Crippen LogP contribution in [0.3, 0.4) is 0 Å². The molecule has 1 atom stereocenters. The lowest BCUT2D eigenvalue weighted by Gasteiger charge is -2.25. The molecule has 1 unspecified atom stereocenters. The lowest BCUT2D eigenvalue weighted by atomic mass is 9.96. The van der Waals surface area contributed by atoms with Crippen LogP contribution in [0.15, 0.2) is 60.7 Å². The Balaban J connectivity index is 2.35. The molecule has 0 aromatic heterocycles. The van der Waals surface area contributed by atoms with Crippen molar-refractivity contribution < 1.29 is 0 Å². The lowest BCUT2D eigenvalue weighted by molar-refractivity contribution is 0.369. The fraction of sp³-hybridized carbons (Fsp3) is 0.188. The van der Waals surface area contributed by atoms with Crippen LogP contribution in [0.25, 0.3) is 0 Å². The molecule has 0 spiro atoms. The zero-order valence-corrected chi connectivity index (χ0v) is 10.8. The van der Waals surface area contributed by atoms with Crippen molar-refractivity contribution in [2.45, 2.75) is 6.04 Å². The number of likely N-dealkylation sites (N-methyl/N-ethyl adjacent to an activating group) is 1. The molecule has 0 radical (unpaired) electrons. The van der Waals surface area contributed by atoms with Crippen molar-refractivity contribution >= 4 is 5.71 Å². The van der Waals surface area contributed by atoms with E-state index in [9.17, 15) is 0 Å². The van der Waals surface area contributed by atoms with Crippen LogP contribution in [0.1, 0.15) is 17.2 Å². The first-order valence-electron chi connectivity index (χ1n) is 6.05. The summed E-state index contributed by atoms with van der Waals surface area (Å²) in [5.41, 5.74) is 2.75. The normalized spacial score (nSPS) is 12.4. The van der Waals surface area contributed by atoms with E-state index in [1.165, 1.54) is 0 Å². The predicted molar refractivity (Wildman–Crippen MR) is 76.1 cm³/mol. The number of hydrogen-bond acceptors (Lipinski definition) is 2. The summed E-state index contributed by atoms with van der Waals surface area (Å²) in [6.45, 7) is 0. The van der Waals surface area contributed by atoms with Crippen LogP contribution in [0, 0.1) is 5.41 Å². The Kier molecular flexibility index (Phi) is 3.90. The van der Waals surface area contributed by atoms with E-state index < -0.39 is 0 Å². The molecule has 0 saturated heterocycles. The van der Waals surface area contributed by atoms with Gasteiger partial charge in [0.2, 0.25) is 0 Å². The summed E-state index contributed by atoms with van der Waals surface area (Å²) in [7, 11) is 4.02. The molecule has 0 aliphatic rings. The first kappa shape index (κ1) is 12.5. The van der Waals surface area contributed by atoms with E-state index in [2.05, 4.69) is 17.0 Å². The maximum Gasteiger partial charge on any atom is 0.0770 e. The van der Waals surface area contributed by atoms with Crippen molar-refractivity contribution in [3.63, 3.8) is 0 Å². The zero-order valence-electron chi connectivity index (χ0n) is 10.8. The molecule has 2 aromatic carbocycles. The Labute approximate surface area is 108 Å². The van der Waals surface area contributed by atoms with Gasteiger partial charge in [-0.1, -0.05) is 60.7 Å². The molecule has 0 bridgehead atoms. The molecule has 18 heavy (non-hydrogen) atoms. The number of benzene rings is 2. The number of nitrogens with zero attached hydrogens (tertiary/aromatic N) is 1. The van der Waals surface area contributed by atoms with Crippen LogP contribution >= 0.6 is 0 Å². The highest BCUT2D eigenvalue weighted by atomic mass is 15.1. The van der Waals surface area contributed by atoms with Gasteiger partial charge in [0.05, 0.1) is 11.8 Å². The maximum atomic E-state index is 8.41. The third-order valence-corrected chi connectivity index (χ3v) is 2.99. The minimum absolute atomic E-state index is 0.00593. The zero-order chi connectivity index (χ0) is 13.0. The van der Waals surface area contributed by atoms with Gasteiger partial charge < -0.3 is 5.41 Å². The molecule has 0 fully saturated rings. The van der Waals surface area contributed by atoms with Crippen LogP contribution in [0.4, 0.5) is 0 Å². The topological polar surface area (TPSA) is 27.1 Å². The molecule has 2 aromatic rings. The van der Waals surface area contributed by atoms with Crippen molar-refractivity contribution in [2.75, 3.05) is 14.1 Å². The quantitative estimate of drug-likeness (QED) is 0.812. The number of hydrogen-bond donors (Lipinski definition) is 1. The molecule has 1 N–H and O–H groups in total. The second-order valence-corrected chi connectivity index (χ2v) is 4.56. The van der Waals surface area contributed by atoms with E-state index in [1.54, 1.807) is 0 Å². The molecule has 0 heterocycles. The molecule has 0 aliphatic heterocycles. The summed E-state index contributed by atoms with van der Waals surface area (Å²) in [6, 6.07) is 20.1. The highest BCUT2D eigenvalue weighted by Crippen LogP contribution is 2.22. The molecule has 0 amide bonds. The van der Waals surface area contributed by atoms with Gasteiger partial charge in [-0.3, -0.25) is 4.90 Å². The Morgan fingerprint density at radius 1 is 0.889 bits per heavy atom. The van der Waals surface area contributed by atoms with Crippen molar-refractivity contribution in [2.24, 2.45) is 0 Å². The van der Waals surface area contributed by atoms with Crippen LogP contribution in [0.5, 0.6) is 0 Å². The summed E-state index contributed by atoms with van der Waals surface area (Å²) < 4.78 is 0. The van der Waals surface area contributed by atoms with Crippen LogP contribution in [-0.2, 0) is 0 Å². The first-order chi connectivity index (χ1) is 8.70. The van der Waals surface area contributed by atoms with Gasteiger partial charge in [-0.2, -0.15) is 0 Å². The largest absolute Gasteiger partial charge is 0.303 e. The molecule has 92 valence electrons. The van der Waals surface area contributed by atoms with E-state index in [0.29, 0.717) is 5.71 Å². The van der Waals surface area contributed by atoms with Crippen LogP contribution in [-0.4, -0.2) is 24.7 Å². The smallest absolute Gasteiger partial charge is 0.0770 e. The summed E-state index contributed by atoms with van der Waals surface area (Å²) in [5, 5.41) is 8.41. The minimum Gasteiger partial charge on any atom is -0.303 e. The standard InChI is InChI=1S/C16H18N2/c1-18(2)16(14-11-7-4-8-12-14)15(17)13-9-5-3-6-10-13/h3-12,16-17H,1-2H3. The molecule has 2 nitrogen and oxygen atoms in total. The van der Waals surface area contributed by atoms with Gasteiger partial charge in [-0.25, -0.2) is 0 Å². The highest BCUT2D eigenvalue weighted by molar-refractivity contribution is 6.02. The molecular formula is C16H18N2. The van der Waals surface area contributed by atoms with Crippen molar-refractivity contribution in [1.29, 1.82) is 5.41 Å². The Morgan fingerprint density at radius 2 is 1.39 bits per heavy atom. The molecular weight excluding hydrogens is 220 g/mol. The summed E-state index contributed by atoms with van der Waals surface area (Å²) >= 11 is 0. The number of nitrogens with one attached hydrogen (secondary N) is 1. The summed E-state index contributed by atoms with van der Waals surface area (Å²) in [6.07, 6.45) is 0. The minimum atomic E-state index is -0.00593. The van der Waals surface area contributed by atoms with Gasteiger partial charge in [0, 0.05) is 0 Å². The Hall–Kier alpha value is -1.93. The van der Waals surface area contributed by atoms with E-state index in [4.69, 9.17) is 5.41 Å². The third-order valence-electron chi connectivity index (χ3n) is 2.99. The van der Waals surface area contributed by atoms with Gasteiger partial charge in [0.15, 0.2) is 0 Å². The Morgan fingerprint density at radius 3 is 1.89 bits per heavy atom. The van der Waals surface area contributed by atoms with Gasteiger partial charge in [-0.05, 0) is 25.2 Å². The number of rotatable bonds is 4. The monoisotopic (exact) mass is 238 g/mol. The second-order valence-electron chi connectivity index (χ2n) is 4.56. The first-order valence-corrected chi connectivity index (χ1v) is 6.05. The van der Waals surface area contributed by atoms with Crippen LogP contribution in [0.2, 0.25) is 0 Å². The summed E-state index contributed by atoms with van der Waals surface area (Å²) in [4.78, 5) is 2.07. The average molecular weight is 238 g/mol. The van der Waals surface area contributed by atoms with E-state index >= 15 is 0 Å².